The normalized spacial score (nSPS) is 10.4. The van der Waals surface area contributed by atoms with E-state index in [1.807, 2.05) is 43.0 Å². The Balaban J connectivity index is 2.68. The molecule has 21 heavy (non-hydrogen) atoms. The number of benzene rings is 2. The largest absolute Gasteiger partial charge is 0.399 e. The molecule has 110 valence electrons. The molecule has 2 aromatic rings. The van der Waals surface area contributed by atoms with Crippen LogP contribution in [0, 0.1) is 6.92 Å². The van der Waals surface area contributed by atoms with Gasteiger partial charge >= 0.3 is 0 Å². The second kappa shape index (κ2) is 6.06. The molecule has 0 aliphatic heterocycles. The molecule has 0 fully saturated rings. The van der Waals surface area contributed by atoms with E-state index in [9.17, 15) is 4.79 Å². The van der Waals surface area contributed by atoms with Gasteiger partial charge in [0.05, 0.1) is 16.3 Å². The molecule has 2 rings (SSSR count). The van der Waals surface area contributed by atoms with Crippen molar-refractivity contribution >= 4 is 34.6 Å². The fourth-order valence-corrected chi connectivity index (χ4v) is 2.73. The van der Waals surface area contributed by atoms with Crippen molar-refractivity contribution in [2.45, 2.75) is 13.8 Å². The predicted molar refractivity (Wildman–Crippen MR) is 88.2 cm³/mol. The van der Waals surface area contributed by atoms with Crippen LogP contribution in [0.1, 0.15) is 22.8 Å². The highest BCUT2D eigenvalue weighted by molar-refractivity contribution is 6.34. The van der Waals surface area contributed by atoms with E-state index in [0.29, 0.717) is 28.5 Å². The highest BCUT2D eigenvalue weighted by Gasteiger charge is 2.20. The Morgan fingerprint density at radius 2 is 1.95 bits per heavy atom. The Kier molecular flexibility index (Phi) is 4.38. The van der Waals surface area contributed by atoms with E-state index in [1.165, 1.54) is 0 Å². The lowest BCUT2D eigenvalue weighted by molar-refractivity contribution is 0.100. The summed E-state index contributed by atoms with van der Waals surface area (Å²) in [6.45, 7) is 4.64. The molecule has 0 spiro atoms. The van der Waals surface area contributed by atoms with Gasteiger partial charge in [0.2, 0.25) is 0 Å². The number of nitrogens with two attached hydrogens (primary N) is 2. The molecule has 0 saturated heterocycles. The number of nitrogens with zero attached hydrogens (tertiary/aromatic N) is 1. The first-order chi connectivity index (χ1) is 9.95. The van der Waals surface area contributed by atoms with Crippen LogP contribution in [0.4, 0.5) is 17.1 Å². The van der Waals surface area contributed by atoms with E-state index in [0.717, 1.165) is 11.3 Å². The molecule has 0 saturated carbocycles. The number of rotatable bonds is 4. The van der Waals surface area contributed by atoms with Crippen molar-refractivity contribution in [2.24, 2.45) is 5.73 Å². The lowest BCUT2D eigenvalue weighted by atomic mass is 10.1. The number of amides is 1. The number of hydrogen-bond acceptors (Lipinski definition) is 3. The van der Waals surface area contributed by atoms with Crippen LogP contribution in [-0.2, 0) is 0 Å². The standard InChI is InChI=1S/C16H18ClN3O/c1-3-20(14-7-5-4-6-10(14)2)15-12(16(19)21)8-11(18)9-13(15)17/h4-9H,3,18H2,1-2H3,(H2,19,21). The van der Waals surface area contributed by atoms with Crippen LogP contribution < -0.4 is 16.4 Å². The van der Waals surface area contributed by atoms with Crippen molar-refractivity contribution in [3.8, 4) is 0 Å². The number of aryl methyl sites for hydroxylation is 1. The van der Waals surface area contributed by atoms with E-state index in [4.69, 9.17) is 23.1 Å². The third-order valence-electron chi connectivity index (χ3n) is 3.34. The number of hydrogen-bond donors (Lipinski definition) is 2. The van der Waals surface area contributed by atoms with Gasteiger partial charge in [-0.3, -0.25) is 4.79 Å². The summed E-state index contributed by atoms with van der Waals surface area (Å²) in [5, 5.41) is 0.411. The van der Waals surface area contributed by atoms with E-state index in [1.54, 1.807) is 12.1 Å². The lowest BCUT2D eigenvalue weighted by Gasteiger charge is -2.28. The molecule has 0 bridgehead atoms. The summed E-state index contributed by atoms with van der Waals surface area (Å²) in [5.74, 6) is -0.550. The van der Waals surface area contributed by atoms with Gasteiger partial charge in [-0.25, -0.2) is 0 Å². The number of para-hydroxylation sites is 1. The average molecular weight is 304 g/mol. The number of nitrogen functional groups attached to an aromatic ring is 1. The van der Waals surface area contributed by atoms with Crippen LogP contribution in [0.5, 0.6) is 0 Å². The maximum absolute atomic E-state index is 11.7. The third-order valence-corrected chi connectivity index (χ3v) is 3.63. The number of anilines is 3. The molecule has 0 aliphatic rings. The van der Waals surface area contributed by atoms with Crippen molar-refractivity contribution in [1.82, 2.24) is 0 Å². The van der Waals surface area contributed by atoms with Gasteiger partial charge in [-0.15, -0.1) is 0 Å². The van der Waals surface area contributed by atoms with E-state index < -0.39 is 5.91 Å². The van der Waals surface area contributed by atoms with Gasteiger partial charge in [-0.2, -0.15) is 0 Å². The van der Waals surface area contributed by atoms with Gasteiger partial charge in [-0.1, -0.05) is 29.8 Å². The molecule has 4 nitrogen and oxygen atoms in total. The fourth-order valence-electron chi connectivity index (χ4n) is 2.40. The summed E-state index contributed by atoms with van der Waals surface area (Å²) < 4.78 is 0. The molecule has 0 unspecified atom stereocenters. The minimum absolute atomic E-state index is 0.324. The van der Waals surface area contributed by atoms with Gasteiger partial charge in [-0.05, 0) is 37.6 Å². The van der Waals surface area contributed by atoms with E-state index in [-0.39, 0.29) is 0 Å². The monoisotopic (exact) mass is 303 g/mol. The quantitative estimate of drug-likeness (QED) is 0.849. The van der Waals surface area contributed by atoms with Crippen molar-refractivity contribution in [3.63, 3.8) is 0 Å². The minimum Gasteiger partial charge on any atom is -0.399 e. The molecule has 0 atom stereocenters. The maximum atomic E-state index is 11.7. The van der Waals surface area contributed by atoms with Crippen LogP contribution in [-0.4, -0.2) is 12.5 Å². The molecular weight excluding hydrogens is 286 g/mol. The highest BCUT2D eigenvalue weighted by Crippen LogP contribution is 2.37. The number of carbonyl (C=O) groups is 1. The van der Waals surface area contributed by atoms with Crippen LogP contribution in [0.15, 0.2) is 36.4 Å². The van der Waals surface area contributed by atoms with Gasteiger partial charge in [0.1, 0.15) is 0 Å². The van der Waals surface area contributed by atoms with Gasteiger partial charge in [0, 0.05) is 17.9 Å². The summed E-state index contributed by atoms with van der Waals surface area (Å²) in [5.41, 5.74) is 14.6. The number of primary amides is 1. The summed E-state index contributed by atoms with van der Waals surface area (Å²) in [7, 11) is 0. The second-order valence-corrected chi connectivity index (χ2v) is 5.20. The first kappa shape index (κ1) is 15.2. The number of carbonyl (C=O) groups excluding carboxylic acids is 1. The van der Waals surface area contributed by atoms with Crippen LogP contribution >= 0.6 is 11.6 Å². The Morgan fingerprint density at radius 3 is 2.52 bits per heavy atom. The van der Waals surface area contributed by atoms with Crippen LogP contribution in [0.2, 0.25) is 5.02 Å². The average Bonchev–Trinajstić information content (AvgIpc) is 2.42. The first-order valence-electron chi connectivity index (χ1n) is 6.67. The molecule has 0 heterocycles. The smallest absolute Gasteiger partial charge is 0.250 e. The SMILES string of the molecule is CCN(c1ccccc1C)c1c(Cl)cc(N)cc1C(N)=O. The van der Waals surface area contributed by atoms with Crippen molar-refractivity contribution in [3.05, 3.63) is 52.5 Å². The molecule has 0 aromatic heterocycles. The summed E-state index contributed by atoms with van der Waals surface area (Å²) in [6, 6.07) is 11.1. The molecule has 2 aromatic carbocycles. The Morgan fingerprint density at radius 1 is 1.29 bits per heavy atom. The third kappa shape index (κ3) is 2.95. The van der Waals surface area contributed by atoms with Crippen molar-refractivity contribution in [2.75, 3.05) is 17.2 Å². The molecule has 0 aliphatic carbocycles. The Bertz CT molecular complexity index is 685. The zero-order chi connectivity index (χ0) is 15.6. The van der Waals surface area contributed by atoms with E-state index in [2.05, 4.69) is 0 Å². The summed E-state index contributed by atoms with van der Waals surface area (Å²) in [4.78, 5) is 13.7. The predicted octanol–water partition coefficient (Wildman–Crippen LogP) is 3.49. The van der Waals surface area contributed by atoms with Gasteiger partial charge in [0.25, 0.3) is 5.91 Å². The number of halogens is 1. The molecular formula is C16H18ClN3O. The molecule has 5 heteroatoms. The van der Waals surface area contributed by atoms with Crippen LogP contribution in [0.3, 0.4) is 0 Å². The van der Waals surface area contributed by atoms with Gasteiger partial charge < -0.3 is 16.4 Å². The molecule has 1 amide bonds. The summed E-state index contributed by atoms with van der Waals surface area (Å²) >= 11 is 6.33. The van der Waals surface area contributed by atoms with E-state index >= 15 is 0 Å². The second-order valence-electron chi connectivity index (χ2n) is 4.79. The Hall–Kier alpha value is -2.20. The fraction of sp³-hybridized carbons (Fsp3) is 0.188. The zero-order valence-electron chi connectivity index (χ0n) is 12.1. The minimum atomic E-state index is -0.550. The van der Waals surface area contributed by atoms with Crippen molar-refractivity contribution < 1.29 is 4.79 Å². The first-order valence-corrected chi connectivity index (χ1v) is 7.05. The maximum Gasteiger partial charge on any atom is 0.250 e. The van der Waals surface area contributed by atoms with Crippen LogP contribution in [0.25, 0.3) is 0 Å². The topological polar surface area (TPSA) is 72.3 Å². The molecule has 0 radical (unpaired) electrons. The zero-order valence-corrected chi connectivity index (χ0v) is 12.8. The van der Waals surface area contributed by atoms with Crippen molar-refractivity contribution in [1.29, 1.82) is 0 Å². The molecule has 4 N–H and O–H groups in total. The highest BCUT2D eigenvalue weighted by atomic mass is 35.5. The Labute approximate surface area is 129 Å². The lowest BCUT2D eigenvalue weighted by Crippen LogP contribution is -2.23. The summed E-state index contributed by atoms with van der Waals surface area (Å²) in [6.07, 6.45) is 0. The van der Waals surface area contributed by atoms with Gasteiger partial charge in [0.15, 0.2) is 0 Å².